The first-order valence-corrected chi connectivity index (χ1v) is 8.14. The van der Waals surface area contributed by atoms with Gasteiger partial charge in [-0.05, 0) is 67.6 Å². The highest BCUT2D eigenvalue weighted by Crippen LogP contribution is 2.25. The maximum atomic E-state index is 4.85. The molecule has 0 bridgehead atoms. The van der Waals surface area contributed by atoms with E-state index in [0.29, 0.717) is 5.92 Å². The van der Waals surface area contributed by atoms with Gasteiger partial charge in [-0.3, -0.25) is 4.98 Å². The van der Waals surface area contributed by atoms with E-state index in [4.69, 9.17) is 4.98 Å². The van der Waals surface area contributed by atoms with Crippen molar-refractivity contribution in [1.82, 2.24) is 10.3 Å². The fraction of sp³-hybridized carbons (Fsp3) is 0.526. The van der Waals surface area contributed by atoms with Gasteiger partial charge in [0.05, 0.1) is 5.52 Å². The Morgan fingerprint density at radius 1 is 1.10 bits per heavy atom. The van der Waals surface area contributed by atoms with E-state index < -0.39 is 0 Å². The minimum Gasteiger partial charge on any atom is -0.313 e. The van der Waals surface area contributed by atoms with Crippen LogP contribution in [0.25, 0.3) is 10.9 Å². The van der Waals surface area contributed by atoms with Crippen LogP contribution >= 0.6 is 0 Å². The molecule has 0 fully saturated rings. The number of unbranched alkanes of at least 4 members (excludes halogenated alkanes) is 1. The third kappa shape index (κ3) is 3.82. The first kappa shape index (κ1) is 16.0. The predicted octanol–water partition coefficient (Wildman–Crippen LogP) is 4.86. The molecule has 0 radical (unpaired) electrons. The van der Waals surface area contributed by atoms with Crippen LogP contribution in [-0.4, -0.2) is 11.5 Å². The molecule has 0 atom stereocenters. The third-order valence-electron chi connectivity index (χ3n) is 4.14. The number of nitrogens with zero attached hydrogens (tertiary/aromatic N) is 1. The van der Waals surface area contributed by atoms with Gasteiger partial charge in [-0.25, -0.2) is 0 Å². The summed E-state index contributed by atoms with van der Waals surface area (Å²) in [6, 6.07) is 6.80. The van der Waals surface area contributed by atoms with E-state index in [2.05, 4.69) is 58.1 Å². The lowest BCUT2D eigenvalue weighted by Gasteiger charge is -2.14. The molecule has 1 aromatic carbocycles. The zero-order valence-corrected chi connectivity index (χ0v) is 14.1. The van der Waals surface area contributed by atoms with Crippen molar-refractivity contribution in [2.45, 2.75) is 59.9 Å². The molecule has 0 spiro atoms. The zero-order chi connectivity index (χ0) is 15.4. The molecule has 0 saturated heterocycles. The molecule has 0 aliphatic carbocycles. The SMILES string of the molecule is CCCCNCc1cc(C(C)C)nc2cc(C)c(C)cc12. The number of fused-ring (bicyclic) bond motifs is 1. The van der Waals surface area contributed by atoms with Gasteiger partial charge >= 0.3 is 0 Å². The Hall–Kier alpha value is -1.41. The van der Waals surface area contributed by atoms with Crippen molar-refractivity contribution in [3.05, 3.63) is 40.6 Å². The molecule has 114 valence electrons. The molecule has 0 aliphatic rings. The Bertz CT molecular complexity index is 614. The number of nitrogens with one attached hydrogen (secondary N) is 1. The summed E-state index contributed by atoms with van der Waals surface area (Å²) in [5, 5.41) is 4.86. The molecular weight excluding hydrogens is 256 g/mol. The number of aryl methyl sites for hydroxylation is 2. The number of pyridine rings is 1. The molecule has 0 amide bonds. The van der Waals surface area contributed by atoms with Gasteiger partial charge in [0, 0.05) is 17.6 Å². The zero-order valence-electron chi connectivity index (χ0n) is 14.1. The summed E-state index contributed by atoms with van der Waals surface area (Å²) in [5.41, 5.74) is 6.37. The van der Waals surface area contributed by atoms with Gasteiger partial charge in [0.1, 0.15) is 0 Å². The summed E-state index contributed by atoms with van der Waals surface area (Å²) >= 11 is 0. The monoisotopic (exact) mass is 284 g/mol. The van der Waals surface area contributed by atoms with Crippen LogP contribution in [0.2, 0.25) is 0 Å². The van der Waals surface area contributed by atoms with E-state index in [0.717, 1.165) is 18.6 Å². The average Bonchev–Trinajstić information content (AvgIpc) is 2.44. The fourth-order valence-electron chi connectivity index (χ4n) is 2.55. The van der Waals surface area contributed by atoms with Crippen molar-refractivity contribution in [3.63, 3.8) is 0 Å². The van der Waals surface area contributed by atoms with Gasteiger partial charge < -0.3 is 5.32 Å². The predicted molar refractivity (Wildman–Crippen MR) is 91.9 cm³/mol. The molecule has 1 aromatic heterocycles. The normalized spacial score (nSPS) is 11.5. The smallest absolute Gasteiger partial charge is 0.0711 e. The Kier molecular flexibility index (Phi) is 5.35. The maximum absolute atomic E-state index is 4.85. The lowest BCUT2D eigenvalue weighted by atomic mass is 9.99. The molecule has 2 rings (SSSR count). The largest absolute Gasteiger partial charge is 0.313 e. The lowest BCUT2D eigenvalue weighted by Crippen LogP contribution is -2.15. The Balaban J connectivity index is 2.41. The van der Waals surface area contributed by atoms with E-state index in [-0.39, 0.29) is 0 Å². The van der Waals surface area contributed by atoms with E-state index in [9.17, 15) is 0 Å². The maximum Gasteiger partial charge on any atom is 0.0711 e. The van der Waals surface area contributed by atoms with Crippen LogP contribution in [-0.2, 0) is 6.54 Å². The Labute approximate surface area is 129 Å². The quantitative estimate of drug-likeness (QED) is 0.766. The van der Waals surface area contributed by atoms with Crippen molar-refractivity contribution in [2.24, 2.45) is 0 Å². The number of hydrogen-bond donors (Lipinski definition) is 1. The molecule has 0 unspecified atom stereocenters. The summed E-state index contributed by atoms with van der Waals surface area (Å²) < 4.78 is 0. The first-order chi connectivity index (χ1) is 10.0. The van der Waals surface area contributed by atoms with Crippen LogP contribution in [0.5, 0.6) is 0 Å². The molecular formula is C19H28N2. The molecule has 2 aromatic rings. The minimum absolute atomic E-state index is 0.463. The Morgan fingerprint density at radius 2 is 1.81 bits per heavy atom. The number of benzene rings is 1. The van der Waals surface area contributed by atoms with Gasteiger partial charge in [0.15, 0.2) is 0 Å². The van der Waals surface area contributed by atoms with Crippen LogP contribution in [0.4, 0.5) is 0 Å². The molecule has 0 saturated carbocycles. The molecule has 1 N–H and O–H groups in total. The van der Waals surface area contributed by atoms with Crippen LogP contribution in [0.3, 0.4) is 0 Å². The summed E-state index contributed by atoms with van der Waals surface area (Å²) in [7, 11) is 0. The van der Waals surface area contributed by atoms with Gasteiger partial charge in [-0.15, -0.1) is 0 Å². The van der Waals surface area contributed by atoms with Crippen molar-refractivity contribution < 1.29 is 0 Å². The van der Waals surface area contributed by atoms with Crippen molar-refractivity contribution in [2.75, 3.05) is 6.54 Å². The van der Waals surface area contributed by atoms with E-state index in [1.165, 1.54) is 40.6 Å². The minimum atomic E-state index is 0.463. The second kappa shape index (κ2) is 7.04. The topological polar surface area (TPSA) is 24.9 Å². The molecule has 21 heavy (non-hydrogen) atoms. The first-order valence-electron chi connectivity index (χ1n) is 8.14. The standard InChI is InChI=1S/C19H28N2/c1-6-7-8-20-12-16-11-18(13(2)3)21-19-10-15(5)14(4)9-17(16)19/h9-11,13,20H,6-8,12H2,1-5H3. The molecule has 1 heterocycles. The van der Waals surface area contributed by atoms with Crippen LogP contribution in [0.15, 0.2) is 18.2 Å². The van der Waals surface area contributed by atoms with Crippen LogP contribution < -0.4 is 5.32 Å². The second-order valence-corrected chi connectivity index (χ2v) is 6.34. The summed E-state index contributed by atoms with van der Waals surface area (Å²) in [6.07, 6.45) is 2.47. The second-order valence-electron chi connectivity index (χ2n) is 6.34. The molecule has 0 aliphatic heterocycles. The van der Waals surface area contributed by atoms with Crippen LogP contribution in [0.1, 0.15) is 61.9 Å². The van der Waals surface area contributed by atoms with E-state index in [1.54, 1.807) is 0 Å². The fourth-order valence-corrected chi connectivity index (χ4v) is 2.55. The number of rotatable bonds is 6. The van der Waals surface area contributed by atoms with E-state index in [1.807, 2.05) is 0 Å². The van der Waals surface area contributed by atoms with Gasteiger partial charge in [-0.2, -0.15) is 0 Å². The Morgan fingerprint density at radius 3 is 2.48 bits per heavy atom. The summed E-state index contributed by atoms with van der Waals surface area (Å²) in [6.45, 7) is 13.0. The highest BCUT2D eigenvalue weighted by atomic mass is 14.8. The lowest BCUT2D eigenvalue weighted by molar-refractivity contribution is 0.642. The molecule has 2 heteroatoms. The van der Waals surface area contributed by atoms with Crippen molar-refractivity contribution in [3.8, 4) is 0 Å². The van der Waals surface area contributed by atoms with Gasteiger partial charge in [0.25, 0.3) is 0 Å². The van der Waals surface area contributed by atoms with Crippen LogP contribution in [0, 0.1) is 13.8 Å². The summed E-state index contributed by atoms with van der Waals surface area (Å²) in [5.74, 6) is 0.463. The van der Waals surface area contributed by atoms with Crippen molar-refractivity contribution in [1.29, 1.82) is 0 Å². The third-order valence-corrected chi connectivity index (χ3v) is 4.14. The molecule has 2 nitrogen and oxygen atoms in total. The average molecular weight is 284 g/mol. The van der Waals surface area contributed by atoms with Crippen molar-refractivity contribution >= 4 is 10.9 Å². The van der Waals surface area contributed by atoms with Gasteiger partial charge in [-0.1, -0.05) is 27.2 Å². The highest BCUT2D eigenvalue weighted by molar-refractivity contribution is 5.84. The highest BCUT2D eigenvalue weighted by Gasteiger charge is 2.10. The number of aromatic nitrogens is 1. The van der Waals surface area contributed by atoms with E-state index >= 15 is 0 Å². The summed E-state index contributed by atoms with van der Waals surface area (Å²) in [4.78, 5) is 4.85. The number of hydrogen-bond acceptors (Lipinski definition) is 2. The van der Waals surface area contributed by atoms with Gasteiger partial charge in [0.2, 0.25) is 0 Å².